The molecule has 1 N–H and O–H groups in total. The molecule has 0 radical (unpaired) electrons. The second kappa shape index (κ2) is 7.50. The SMILES string of the molecule is CC(C)CC(NC(C)c1c(F)cccc1F)C(=O)N(C)C. The summed E-state index contributed by atoms with van der Waals surface area (Å²) in [6.07, 6.45) is 0.609. The number of rotatable bonds is 6. The highest BCUT2D eigenvalue weighted by Crippen LogP contribution is 2.22. The molecule has 3 nitrogen and oxygen atoms in total. The molecule has 0 aliphatic rings. The maximum Gasteiger partial charge on any atom is 0.239 e. The van der Waals surface area contributed by atoms with Gasteiger partial charge >= 0.3 is 0 Å². The molecular formula is C16H24F2N2O. The average Bonchev–Trinajstić information content (AvgIpc) is 2.36. The first-order valence-corrected chi connectivity index (χ1v) is 7.15. The van der Waals surface area contributed by atoms with Gasteiger partial charge in [0.15, 0.2) is 0 Å². The third-order valence-electron chi connectivity index (χ3n) is 3.33. The van der Waals surface area contributed by atoms with E-state index in [-0.39, 0.29) is 11.5 Å². The highest BCUT2D eigenvalue weighted by molar-refractivity contribution is 5.81. The lowest BCUT2D eigenvalue weighted by Gasteiger charge is -2.27. The van der Waals surface area contributed by atoms with Crippen LogP contribution in [0, 0.1) is 17.6 Å². The summed E-state index contributed by atoms with van der Waals surface area (Å²) in [4.78, 5) is 13.7. The van der Waals surface area contributed by atoms with Crippen LogP contribution >= 0.6 is 0 Å². The van der Waals surface area contributed by atoms with Gasteiger partial charge in [0.1, 0.15) is 11.6 Å². The highest BCUT2D eigenvalue weighted by atomic mass is 19.1. The van der Waals surface area contributed by atoms with Crippen molar-refractivity contribution in [2.75, 3.05) is 14.1 Å². The minimum atomic E-state index is -0.601. The first-order valence-electron chi connectivity index (χ1n) is 7.15. The Kier molecular flexibility index (Phi) is 6.27. The van der Waals surface area contributed by atoms with Crippen LogP contribution in [0.15, 0.2) is 18.2 Å². The number of hydrogen-bond donors (Lipinski definition) is 1. The van der Waals surface area contributed by atoms with E-state index in [0.29, 0.717) is 12.3 Å². The van der Waals surface area contributed by atoms with Crippen molar-refractivity contribution in [3.63, 3.8) is 0 Å². The van der Waals surface area contributed by atoms with Crippen LogP contribution in [0.25, 0.3) is 0 Å². The molecule has 0 aromatic heterocycles. The molecule has 118 valence electrons. The molecule has 0 bridgehead atoms. The Morgan fingerprint density at radius 3 is 2.14 bits per heavy atom. The quantitative estimate of drug-likeness (QED) is 0.875. The summed E-state index contributed by atoms with van der Waals surface area (Å²) in [5.74, 6) is -0.998. The zero-order chi connectivity index (χ0) is 16.2. The Balaban J connectivity index is 2.95. The van der Waals surface area contributed by atoms with Crippen molar-refractivity contribution in [3.05, 3.63) is 35.4 Å². The van der Waals surface area contributed by atoms with E-state index in [1.807, 2.05) is 13.8 Å². The fraction of sp³-hybridized carbons (Fsp3) is 0.562. The van der Waals surface area contributed by atoms with Crippen molar-refractivity contribution in [1.29, 1.82) is 0 Å². The normalized spacial score (nSPS) is 14.1. The van der Waals surface area contributed by atoms with Gasteiger partial charge in [-0.1, -0.05) is 19.9 Å². The van der Waals surface area contributed by atoms with E-state index in [9.17, 15) is 13.6 Å². The van der Waals surface area contributed by atoms with Gasteiger partial charge in [-0.3, -0.25) is 10.1 Å². The smallest absolute Gasteiger partial charge is 0.239 e. The topological polar surface area (TPSA) is 32.3 Å². The van der Waals surface area contributed by atoms with E-state index in [1.165, 1.54) is 23.1 Å². The van der Waals surface area contributed by atoms with Gasteiger partial charge in [-0.25, -0.2) is 8.78 Å². The Morgan fingerprint density at radius 2 is 1.71 bits per heavy atom. The zero-order valence-corrected chi connectivity index (χ0v) is 13.3. The van der Waals surface area contributed by atoms with E-state index in [2.05, 4.69) is 5.32 Å². The second-order valence-electron chi connectivity index (χ2n) is 5.94. The molecule has 0 fully saturated rings. The molecule has 1 amide bonds. The molecule has 2 unspecified atom stereocenters. The summed E-state index contributed by atoms with van der Waals surface area (Å²) in [7, 11) is 3.34. The summed E-state index contributed by atoms with van der Waals surface area (Å²) in [5.41, 5.74) is -0.0298. The summed E-state index contributed by atoms with van der Waals surface area (Å²) in [6.45, 7) is 5.68. The largest absolute Gasteiger partial charge is 0.347 e. The summed E-state index contributed by atoms with van der Waals surface area (Å²) < 4.78 is 27.6. The van der Waals surface area contributed by atoms with Crippen molar-refractivity contribution < 1.29 is 13.6 Å². The second-order valence-corrected chi connectivity index (χ2v) is 5.94. The number of hydrogen-bond acceptors (Lipinski definition) is 2. The number of benzene rings is 1. The van der Waals surface area contributed by atoms with E-state index < -0.39 is 23.7 Å². The van der Waals surface area contributed by atoms with Crippen molar-refractivity contribution in [1.82, 2.24) is 10.2 Å². The predicted octanol–water partition coefficient (Wildman–Crippen LogP) is 3.12. The van der Waals surface area contributed by atoms with E-state index >= 15 is 0 Å². The van der Waals surface area contributed by atoms with Gasteiger partial charge in [0.25, 0.3) is 0 Å². The number of carbonyl (C=O) groups excluding carboxylic acids is 1. The molecule has 1 rings (SSSR count). The van der Waals surface area contributed by atoms with Crippen LogP contribution in [0.1, 0.15) is 38.8 Å². The van der Waals surface area contributed by atoms with Crippen LogP contribution in [0.2, 0.25) is 0 Å². The van der Waals surface area contributed by atoms with Crippen LogP contribution in [0.5, 0.6) is 0 Å². The lowest BCUT2D eigenvalue weighted by atomic mass is 10.00. The minimum Gasteiger partial charge on any atom is -0.347 e. The van der Waals surface area contributed by atoms with E-state index in [4.69, 9.17) is 0 Å². The fourth-order valence-corrected chi connectivity index (χ4v) is 2.33. The van der Waals surface area contributed by atoms with Gasteiger partial charge in [0.2, 0.25) is 5.91 Å². The molecule has 1 aromatic carbocycles. The van der Waals surface area contributed by atoms with E-state index in [1.54, 1.807) is 21.0 Å². The van der Waals surface area contributed by atoms with Crippen LogP contribution in [-0.2, 0) is 4.79 Å². The number of nitrogens with one attached hydrogen (secondary N) is 1. The average molecular weight is 298 g/mol. The lowest BCUT2D eigenvalue weighted by Crippen LogP contribution is -2.45. The molecular weight excluding hydrogens is 274 g/mol. The molecule has 0 heterocycles. The molecule has 0 saturated heterocycles. The van der Waals surface area contributed by atoms with Gasteiger partial charge < -0.3 is 4.90 Å². The summed E-state index contributed by atoms with van der Waals surface area (Å²) >= 11 is 0. The van der Waals surface area contributed by atoms with Gasteiger partial charge in [0.05, 0.1) is 6.04 Å². The lowest BCUT2D eigenvalue weighted by molar-refractivity contribution is -0.131. The van der Waals surface area contributed by atoms with Crippen LogP contribution in [0.4, 0.5) is 8.78 Å². The first kappa shape index (κ1) is 17.6. The number of halogens is 2. The molecule has 2 atom stereocenters. The van der Waals surface area contributed by atoms with Crippen LogP contribution in [0.3, 0.4) is 0 Å². The standard InChI is InChI=1S/C16H24F2N2O/c1-10(2)9-14(16(21)20(4)5)19-11(3)15-12(17)7-6-8-13(15)18/h6-8,10-11,14,19H,9H2,1-5H3. The van der Waals surface area contributed by atoms with Crippen molar-refractivity contribution in [2.45, 2.75) is 39.3 Å². The molecule has 0 aliphatic heterocycles. The Hall–Kier alpha value is -1.49. The number of carbonyl (C=O) groups is 1. The number of amides is 1. The van der Waals surface area contributed by atoms with Crippen LogP contribution in [-0.4, -0.2) is 30.9 Å². The maximum absolute atomic E-state index is 13.8. The molecule has 0 spiro atoms. The third kappa shape index (κ3) is 4.77. The minimum absolute atomic E-state index is 0.0298. The van der Waals surface area contributed by atoms with Gasteiger partial charge in [0, 0.05) is 25.7 Å². The molecule has 1 aromatic rings. The first-order chi connectivity index (χ1) is 9.73. The Labute approximate surface area is 125 Å². The fourth-order valence-electron chi connectivity index (χ4n) is 2.33. The Morgan fingerprint density at radius 1 is 1.19 bits per heavy atom. The third-order valence-corrected chi connectivity index (χ3v) is 3.33. The summed E-state index contributed by atoms with van der Waals surface area (Å²) in [6, 6.07) is 2.73. The van der Waals surface area contributed by atoms with E-state index in [0.717, 1.165) is 0 Å². The maximum atomic E-state index is 13.8. The molecule has 0 aliphatic carbocycles. The summed E-state index contributed by atoms with van der Waals surface area (Å²) in [5, 5.41) is 3.06. The predicted molar refractivity (Wildman–Crippen MR) is 79.8 cm³/mol. The monoisotopic (exact) mass is 298 g/mol. The van der Waals surface area contributed by atoms with Crippen molar-refractivity contribution in [3.8, 4) is 0 Å². The number of nitrogens with zero attached hydrogens (tertiary/aromatic N) is 1. The van der Waals surface area contributed by atoms with Crippen molar-refractivity contribution >= 4 is 5.91 Å². The Bertz CT molecular complexity index is 469. The van der Waals surface area contributed by atoms with Crippen molar-refractivity contribution in [2.24, 2.45) is 5.92 Å². The molecule has 5 heteroatoms. The van der Waals surface area contributed by atoms with Gasteiger partial charge in [-0.15, -0.1) is 0 Å². The highest BCUT2D eigenvalue weighted by Gasteiger charge is 2.25. The van der Waals surface area contributed by atoms with Gasteiger partial charge in [-0.2, -0.15) is 0 Å². The molecule has 0 saturated carbocycles. The van der Waals surface area contributed by atoms with Gasteiger partial charge in [-0.05, 0) is 31.4 Å². The number of likely N-dealkylation sites (N-methyl/N-ethyl adjacent to an activating group) is 1. The van der Waals surface area contributed by atoms with Crippen LogP contribution < -0.4 is 5.32 Å². The zero-order valence-electron chi connectivity index (χ0n) is 13.3. The molecule has 21 heavy (non-hydrogen) atoms.